The van der Waals surface area contributed by atoms with Crippen LogP contribution in [0.3, 0.4) is 0 Å². The van der Waals surface area contributed by atoms with Gasteiger partial charge < -0.3 is 10.2 Å². The molecule has 0 saturated carbocycles. The topological polar surface area (TPSA) is 100 Å². The molecule has 0 bridgehead atoms. The quantitative estimate of drug-likeness (QED) is 0.665. The minimum Gasteiger partial charge on any atom is -0.353 e. The molecule has 0 aliphatic carbocycles. The van der Waals surface area contributed by atoms with Crippen LogP contribution in [0, 0.1) is 0 Å². The molecule has 0 aliphatic rings. The van der Waals surface area contributed by atoms with Crippen molar-refractivity contribution in [3.05, 3.63) is 5.28 Å². The molecule has 0 aliphatic heterocycles. The molecule has 0 aromatic carbocycles. The Morgan fingerprint density at radius 2 is 1.80 bits per heavy atom. The highest BCUT2D eigenvalue weighted by atomic mass is 35.5. The van der Waals surface area contributed by atoms with E-state index in [1.165, 1.54) is 0 Å². The fraction of sp³-hybridized carbons (Fsp3) is 0.700. The van der Waals surface area contributed by atoms with Gasteiger partial charge in [0, 0.05) is 26.2 Å². The van der Waals surface area contributed by atoms with Crippen molar-refractivity contribution in [2.45, 2.75) is 13.8 Å². The number of rotatable bonds is 8. The summed E-state index contributed by atoms with van der Waals surface area (Å²) >= 11 is 5.85. The third-order valence-corrected chi connectivity index (χ3v) is 3.31. The average Bonchev–Trinajstić information content (AvgIpc) is 2.34. The maximum absolute atomic E-state index is 10.9. The first-order valence-electron chi connectivity index (χ1n) is 6.20. The maximum Gasteiger partial charge on any atom is 0.231 e. The van der Waals surface area contributed by atoms with E-state index in [1.54, 1.807) is 0 Å². The van der Waals surface area contributed by atoms with Crippen LogP contribution in [0.1, 0.15) is 13.8 Å². The molecule has 0 radical (unpaired) electrons. The van der Waals surface area contributed by atoms with Crippen LogP contribution in [0.25, 0.3) is 0 Å². The molecule has 2 N–H and O–H groups in total. The van der Waals surface area contributed by atoms with Gasteiger partial charge in [-0.3, -0.25) is 0 Å². The van der Waals surface area contributed by atoms with Crippen molar-refractivity contribution in [1.82, 2.24) is 19.7 Å². The first-order chi connectivity index (χ1) is 9.35. The lowest BCUT2D eigenvalue weighted by molar-refractivity contribution is 0.589. The van der Waals surface area contributed by atoms with Crippen LogP contribution in [0.5, 0.6) is 0 Å². The molecule has 0 unspecified atom stereocenters. The second-order valence-electron chi connectivity index (χ2n) is 3.99. The van der Waals surface area contributed by atoms with E-state index in [4.69, 9.17) is 11.6 Å². The van der Waals surface area contributed by atoms with E-state index in [2.05, 4.69) is 25.0 Å². The lowest BCUT2D eigenvalue weighted by atomic mass is 10.5. The molecule has 8 nitrogen and oxygen atoms in total. The van der Waals surface area contributed by atoms with Crippen molar-refractivity contribution in [3.63, 3.8) is 0 Å². The fourth-order valence-electron chi connectivity index (χ4n) is 1.48. The molecule has 10 heteroatoms. The molecule has 1 heterocycles. The van der Waals surface area contributed by atoms with Crippen LogP contribution in [-0.4, -0.2) is 55.8 Å². The van der Waals surface area contributed by atoms with E-state index in [0.29, 0.717) is 18.4 Å². The van der Waals surface area contributed by atoms with Crippen molar-refractivity contribution < 1.29 is 8.42 Å². The highest BCUT2D eigenvalue weighted by molar-refractivity contribution is 7.88. The summed E-state index contributed by atoms with van der Waals surface area (Å²) in [6.45, 7) is 6.08. The molecule has 114 valence electrons. The molecule has 0 amide bonds. The molecule has 1 aromatic rings. The van der Waals surface area contributed by atoms with Crippen molar-refractivity contribution in [2.24, 2.45) is 0 Å². The number of nitrogens with one attached hydrogen (secondary N) is 2. The first kappa shape index (κ1) is 16.9. The Morgan fingerprint density at radius 3 is 2.35 bits per heavy atom. The molecule has 0 fully saturated rings. The average molecular weight is 323 g/mol. The Kier molecular flexibility index (Phi) is 6.37. The van der Waals surface area contributed by atoms with Crippen LogP contribution in [0.2, 0.25) is 5.28 Å². The van der Waals surface area contributed by atoms with E-state index in [-0.39, 0.29) is 11.8 Å². The number of nitrogens with zero attached hydrogens (tertiary/aromatic N) is 4. The van der Waals surface area contributed by atoms with Gasteiger partial charge in [-0.25, -0.2) is 13.1 Å². The van der Waals surface area contributed by atoms with Gasteiger partial charge in [-0.15, -0.1) is 0 Å². The summed E-state index contributed by atoms with van der Waals surface area (Å²) in [5, 5.41) is 3.00. The fourth-order valence-corrected chi connectivity index (χ4v) is 2.11. The molecule has 0 atom stereocenters. The predicted octanol–water partition coefficient (Wildman–Crippen LogP) is 0.332. The van der Waals surface area contributed by atoms with E-state index in [9.17, 15) is 8.42 Å². The largest absolute Gasteiger partial charge is 0.353 e. The third-order valence-electron chi connectivity index (χ3n) is 2.41. The van der Waals surface area contributed by atoms with Crippen molar-refractivity contribution >= 4 is 33.5 Å². The minimum absolute atomic E-state index is 0.0977. The van der Waals surface area contributed by atoms with Crippen molar-refractivity contribution in [1.29, 1.82) is 0 Å². The number of hydrogen-bond donors (Lipinski definition) is 2. The van der Waals surface area contributed by atoms with E-state index in [1.807, 2.05) is 18.7 Å². The SMILES string of the molecule is CCN(CC)c1nc(Cl)nc(NCCNS(C)(=O)=O)n1. The summed E-state index contributed by atoms with van der Waals surface area (Å²) in [5.74, 6) is 0.816. The first-order valence-corrected chi connectivity index (χ1v) is 8.47. The normalized spacial score (nSPS) is 11.4. The van der Waals surface area contributed by atoms with Crippen LogP contribution < -0.4 is 14.9 Å². The van der Waals surface area contributed by atoms with E-state index >= 15 is 0 Å². The highest BCUT2D eigenvalue weighted by Crippen LogP contribution is 2.13. The van der Waals surface area contributed by atoms with Crippen LogP contribution in [0.4, 0.5) is 11.9 Å². The molecule has 1 rings (SSSR count). The van der Waals surface area contributed by atoms with Gasteiger partial charge in [0.1, 0.15) is 0 Å². The summed E-state index contributed by atoms with van der Waals surface area (Å²) in [4.78, 5) is 14.2. The van der Waals surface area contributed by atoms with Crippen LogP contribution in [0.15, 0.2) is 0 Å². The van der Waals surface area contributed by atoms with E-state index in [0.717, 1.165) is 19.3 Å². The Balaban J connectivity index is 2.66. The molecule has 0 spiro atoms. The summed E-state index contributed by atoms with van der Waals surface area (Å²) < 4.78 is 24.2. The highest BCUT2D eigenvalue weighted by Gasteiger charge is 2.09. The van der Waals surface area contributed by atoms with E-state index < -0.39 is 10.0 Å². The zero-order valence-electron chi connectivity index (χ0n) is 11.7. The van der Waals surface area contributed by atoms with Gasteiger partial charge in [0.05, 0.1) is 6.26 Å². The van der Waals surface area contributed by atoms with Crippen LogP contribution in [-0.2, 0) is 10.0 Å². The Hall–Kier alpha value is -1.19. The number of hydrogen-bond acceptors (Lipinski definition) is 7. The van der Waals surface area contributed by atoms with Gasteiger partial charge >= 0.3 is 0 Å². The summed E-state index contributed by atoms with van der Waals surface area (Å²) in [7, 11) is -3.19. The smallest absolute Gasteiger partial charge is 0.231 e. The van der Waals surface area contributed by atoms with Gasteiger partial charge in [0.25, 0.3) is 0 Å². The lowest BCUT2D eigenvalue weighted by Crippen LogP contribution is -2.28. The Morgan fingerprint density at radius 1 is 1.15 bits per heavy atom. The summed E-state index contributed by atoms with van der Waals surface area (Å²) in [6.07, 6.45) is 1.10. The molecular formula is C10H19ClN6O2S. The Bertz CT molecular complexity index is 535. The molecule has 1 aromatic heterocycles. The standard InChI is InChI=1S/C10H19ClN6O2S/c1-4-17(5-2)10-15-8(11)14-9(16-10)12-6-7-13-20(3,18)19/h13H,4-7H2,1-3H3,(H,12,14,15,16). The zero-order chi connectivity index (χ0) is 15.2. The van der Waals surface area contributed by atoms with Gasteiger partial charge in [-0.2, -0.15) is 15.0 Å². The second kappa shape index (κ2) is 7.55. The van der Waals surface area contributed by atoms with Gasteiger partial charge in [-0.05, 0) is 25.4 Å². The summed E-state index contributed by atoms with van der Waals surface area (Å²) in [6, 6.07) is 0. The van der Waals surface area contributed by atoms with Gasteiger partial charge in [0.2, 0.25) is 27.2 Å². The van der Waals surface area contributed by atoms with Crippen molar-refractivity contribution in [3.8, 4) is 0 Å². The number of anilines is 2. The summed E-state index contributed by atoms with van der Waals surface area (Å²) in [5.41, 5.74) is 0. The van der Waals surface area contributed by atoms with Gasteiger partial charge in [0.15, 0.2) is 0 Å². The number of sulfonamides is 1. The monoisotopic (exact) mass is 322 g/mol. The number of halogens is 1. The third kappa shape index (κ3) is 5.85. The molecule has 0 saturated heterocycles. The Labute approximate surface area is 124 Å². The second-order valence-corrected chi connectivity index (χ2v) is 6.16. The molecule has 20 heavy (non-hydrogen) atoms. The predicted molar refractivity (Wildman–Crippen MR) is 79.7 cm³/mol. The van der Waals surface area contributed by atoms with Crippen LogP contribution >= 0.6 is 11.6 Å². The maximum atomic E-state index is 10.9. The van der Waals surface area contributed by atoms with Gasteiger partial charge in [-0.1, -0.05) is 0 Å². The number of aromatic nitrogens is 3. The lowest BCUT2D eigenvalue weighted by Gasteiger charge is -2.18. The minimum atomic E-state index is -3.19. The molecular weight excluding hydrogens is 304 g/mol. The van der Waals surface area contributed by atoms with Crippen molar-refractivity contribution in [2.75, 3.05) is 42.7 Å². The zero-order valence-corrected chi connectivity index (χ0v) is 13.3.